The molecule has 1 fully saturated rings. The summed E-state index contributed by atoms with van der Waals surface area (Å²) in [7, 11) is 0. The third kappa shape index (κ3) is 4.00. The Bertz CT molecular complexity index is 879. The van der Waals surface area contributed by atoms with Gasteiger partial charge in [-0.3, -0.25) is 4.79 Å². The van der Waals surface area contributed by atoms with Crippen molar-refractivity contribution in [1.82, 2.24) is 14.5 Å². The van der Waals surface area contributed by atoms with Gasteiger partial charge in [0, 0.05) is 36.7 Å². The zero-order valence-corrected chi connectivity index (χ0v) is 15.4. The minimum atomic E-state index is -0.169. The second-order valence-electron chi connectivity index (χ2n) is 7.03. The summed E-state index contributed by atoms with van der Waals surface area (Å²) in [5, 5.41) is 2.86. The Kier molecular flexibility index (Phi) is 4.87. The van der Waals surface area contributed by atoms with Crippen LogP contribution in [0, 0.1) is 5.92 Å². The maximum absolute atomic E-state index is 12.5. The van der Waals surface area contributed by atoms with E-state index in [9.17, 15) is 4.79 Å². The lowest BCUT2D eigenvalue weighted by Gasteiger charge is -2.30. The molecule has 0 unspecified atom stereocenters. The number of hydrogen-bond acceptors (Lipinski definition) is 4. The zero-order valence-electron chi connectivity index (χ0n) is 15.4. The molecule has 3 heterocycles. The van der Waals surface area contributed by atoms with E-state index in [1.165, 1.54) is 12.8 Å². The normalized spacial score (nSPS) is 14.9. The molecule has 6 nitrogen and oxygen atoms in total. The molecule has 4 rings (SSSR count). The number of aromatic nitrogens is 3. The summed E-state index contributed by atoms with van der Waals surface area (Å²) in [6.07, 6.45) is 9.62. The highest BCUT2D eigenvalue weighted by atomic mass is 16.1. The van der Waals surface area contributed by atoms with Crippen LogP contribution in [-0.4, -0.2) is 33.5 Å². The van der Waals surface area contributed by atoms with E-state index in [2.05, 4.69) is 27.1 Å². The van der Waals surface area contributed by atoms with E-state index in [-0.39, 0.29) is 5.91 Å². The van der Waals surface area contributed by atoms with Crippen LogP contribution in [0.1, 0.15) is 30.1 Å². The molecule has 0 radical (unpaired) electrons. The molecule has 0 atom stereocenters. The van der Waals surface area contributed by atoms with Gasteiger partial charge in [-0.15, -0.1) is 0 Å². The highest BCUT2D eigenvalue weighted by Gasteiger charge is 2.18. The van der Waals surface area contributed by atoms with Crippen LogP contribution in [0.15, 0.2) is 61.2 Å². The molecule has 138 valence electrons. The Hall–Kier alpha value is -3.15. The van der Waals surface area contributed by atoms with Crippen molar-refractivity contribution in [3.63, 3.8) is 0 Å². The van der Waals surface area contributed by atoms with Crippen molar-refractivity contribution in [3.8, 4) is 5.69 Å². The molecule has 0 aliphatic carbocycles. The molecular formula is C21H23N5O. The number of benzene rings is 1. The Labute approximate surface area is 158 Å². The molecule has 6 heteroatoms. The first kappa shape index (κ1) is 17.3. The van der Waals surface area contributed by atoms with Gasteiger partial charge in [-0.2, -0.15) is 0 Å². The lowest BCUT2D eigenvalue weighted by molar-refractivity contribution is 0.102. The van der Waals surface area contributed by atoms with Crippen LogP contribution in [0.5, 0.6) is 0 Å². The van der Waals surface area contributed by atoms with Gasteiger partial charge in [0.2, 0.25) is 5.95 Å². The number of anilines is 2. The first-order valence-corrected chi connectivity index (χ1v) is 9.31. The van der Waals surface area contributed by atoms with Crippen molar-refractivity contribution in [2.45, 2.75) is 19.8 Å². The van der Waals surface area contributed by atoms with Crippen molar-refractivity contribution < 1.29 is 4.79 Å². The van der Waals surface area contributed by atoms with Crippen LogP contribution >= 0.6 is 0 Å². The van der Waals surface area contributed by atoms with Gasteiger partial charge in [0.1, 0.15) is 0 Å². The molecule has 1 aliphatic rings. The molecule has 0 bridgehead atoms. The van der Waals surface area contributed by atoms with Crippen LogP contribution in [0.25, 0.3) is 5.69 Å². The Balaban J connectivity index is 1.39. The second-order valence-corrected chi connectivity index (χ2v) is 7.03. The number of nitrogens with one attached hydrogen (secondary N) is 1. The third-order valence-electron chi connectivity index (χ3n) is 4.99. The topological polar surface area (TPSA) is 63.1 Å². The third-order valence-corrected chi connectivity index (χ3v) is 4.99. The number of carbonyl (C=O) groups is 1. The largest absolute Gasteiger partial charge is 0.341 e. The zero-order chi connectivity index (χ0) is 18.6. The van der Waals surface area contributed by atoms with E-state index in [0.29, 0.717) is 11.3 Å². The first-order chi connectivity index (χ1) is 13.2. The van der Waals surface area contributed by atoms with Crippen LogP contribution in [0.4, 0.5) is 11.6 Å². The van der Waals surface area contributed by atoms with Gasteiger partial charge < -0.3 is 14.8 Å². The number of hydrogen-bond donors (Lipinski definition) is 1. The predicted octanol–water partition coefficient (Wildman–Crippen LogP) is 3.76. The summed E-state index contributed by atoms with van der Waals surface area (Å²) in [6.45, 7) is 4.25. The second kappa shape index (κ2) is 7.61. The molecule has 1 N–H and O–H groups in total. The number of amides is 1. The van der Waals surface area contributed by atoms with E-state index < -0.39 is 0 Å². The number of piperidine rings is 1. The summed E-state index contributed by atoms with van der Waals surface area (Å²) in [4.78, 5) is 23.5. The van der Waals surface area contributed by atoms with Gasteiger partial charge >= 0.3 is 0 Å². The molecule has 1 aliphatic heterocycles. The van der Waals surface area contributed by atoms with Crippen LogP contribution < -0.4 is 10.2 Å². The smallest absolute Gasteiger partial charge is 0.255 e. The molecule has 27 heavy (non-hydrogen) atoms. The molecule has 1 amide bonds. The fourth-order valence-corrected chi connectivity index (χ4v) is 3.25. The fourth-order valence-electron chi connectivity index (χ4n) is 3.25. The molecule has 0 spiro atoms. The summed E-state index contributed by atoms with van der Waals surface area (Å²) in [6, 6.07) is 11.4. The average Bonchev–Trinajstić information content (AvgIpc) is 3.24. The van der Waals surface area contributed by atoms with Crippen molar-refractivity contribution in [3.05, 3.63) is 66.7 Å². The van der Waals surface area contributed by atoms with Gasteiger partial charge in [-0.25, -0.2) is 9.97 Å². The molecule has 2 aromatic heterocycles. The number of nitrogens with zero attached hydrogens (tertiary/aromatic N) is 4. The number of rotatable bonds is 4. The van der Waals surface area contributed by atoms with Crippen LogP contribution in [0.2, 0.25) is 0 Å². The van der Waals surface area contributed by atoms with E-state index in [0.717, 1.165) is 30.6 Å². The lowest BCUT2D eigenvalue weighted by atomic mass is 10.00. The fraction of sp³-hybridized carbons (Fsp3) is 0.286. The van der Waals surface area contributed by atoms with E-state index in [1.54, 1.807) is 12.4 Å². The SMILES string of the molecule is CC1CCN(c2ncc(NC(=O)c3ccc(-n4cccc4)cc3)cn2)CC1. The minimum Gasteiger partial charge on any atom is -0.341 e. The lowest BCUT2D eigenvalue weighted by Crippen LogP contribution is -2.34. The molecular weight excluding hydrogens is 338 g/mol. The predicted molar refractivity (Wildman–Crippen MR) is 106 cm³/mol. The maximum atomic E-state index is 12.5. The van der Waals surface area contributed by atoms with Crippen LogP contribution in [0.3, 0.4) is 0 Å². The Morgan fingerprint density at radius 1 is 1.04 bits per heavy atom. The van der Waals surface area contributed by atoms with E-state index >= 15 is 0 Å². The van der Waals surface area contributed by atoms with Crippen molar-refractivity contribution in [2.75, 3.05) is 23.3 Å². The highest BCUT2D eigenvalue weighted by Crippen LogP contribution is 2.20. The summed E-state index contributed by atoms with van der Waals surface area (Å²) in [5.41, 5.74) is 2.21. The van der Waals surface area contributed by atoms with Crippen molar-refractivity contribution in [1.29, 1.82) is 0 Å². The van der Waals surface area contributed by atoms with Gasteiger partial charge in [-0.05, 0) is 55.2 Å². The summed E-state index contributed by atoms with van der Waals surface area (Å²) in [5.74, 6) is 1.33. The summed E-state index contributed by atoms with van der Waals surface area (Å²) < 4.78 is 2.00. The van der Waals surface area contributed by atoms with Gasteiger partial charge in [0.25, 0.3) is 5.91 Å². The molecule has 0 saturated carbocycles. The van der Waals surface area contributed by atoms with Crippen molar-refractivity contribution >= 4 is 17.5 Å². The standard InChI is InChI=1S/C21H23N5O/c1-16-8-12-26(13-9-16)21-22-14-18(15-23-21)24-20(27)17-4-6-19(7-5-17)25-10-2-3-11-25/h2-7,10-11,14-16H,8-9,12-13H2,1H3,(H,24,27). The van der Waals surface area contributed by atoms with Crippen LogP contribution in [-0.2, 0) is 0 Å². The molecule has 3 aromatic rings. The monoisotopic (exact) mass is 361 g/mol. The van der Waals surface area contributed by atoms with E-state index in [1.807, 2.05) is 53.4 Å². The Morgan fingerprint density at radius 2 is 1.67 bits per heavy atom. The van der Waals surface area contributed by atoms with Gasteiger partial charge in [-0.1, -0.05) is 6.92 Å². The number of carbonyl (C=O) groups excluding carboxylic acids is 1. The van der Waals surface area contributed by atoms with E-state index in [4.69, 9.17) is 0 Å². The molecule has 1 saturated heterocycles. The Morgan fingerprint density at radius 3 is 2.30 bits per heavy atom. The average molecular weight is 361 g/mol. The van der Waals surface area contributed by atoms with Crippen molar-refractivity contribution in [2.24, 2.45) is 5.92 Å². The maximum Gasteiger partial charge on any atom is 0.255 e. The molecule has 1 aromatic carbocycles. The van der Waals surface area contributed by atoms with Gasteiger partial charge in [0.15, 0.2) is 0 Å². The minimum absolute atomic E-state index is 0.169. The first-order valence-electron chi connectivity index (χ1n) is 9.31. The highest BCUT2D eigenvalue weighted by molar-refractivity contribution is 6.04. The van der Waals surface area contributed by atoms with Gasteiger partial charge in [0.05, 0.1) is 18.1 Å². The quantitative estimate of drug-likeness (QED) is 0.769. The summed E-state index contributed by atoms with van der Waals surface area (Å²) >= 11 is 0.